The zero-order valence-corrected chi connectivity index (χ0v) is 18.3. The fourth-order valence-corrected chi connectivity index (χ4v) is 3.96. The Kier molecular flexibility index (Phi) is 6.83. The lowest BCUT2D eigenvalue weighted by atomic mass is 9.92. The van der Waals surface area contributed by atoms with Gasteiger partial charge < -0.3 is 49.6 Å². The van der Waals surface area contributed by atoms with Gasteiger partial charge in [-0.1, -0.05) is 12.1 Å². The first-order valence-corrected chi connectivity index (χ1v) is 10.6. The van der Waals surface area contributed by atoms with Crippen LogP contribution < -0.4 is 4.74 Å². The molecule has 2 aliphatic heterocycles. The summed E-state index contributed by atoms with van der Waals surface area (Å²) in [7, 11) is 0. The molecule has 35 heavy (non-hydrogen) atoms. The Labute approximate surface area is 198 Å². The first-order chi connectivity index (χ1) is 16.6. The zero-order valence-electron chi connectivity index (χ0n) is 18.3. The standard InChI is InChI=1S/C23H24O12/c1-9(24)32-8-15-17(28)19(30)20(31)23(34-15)35-22-18(29)16-13(27)6-12(26)7-14(16)33-21(22)10-2-4-11(25)5-3-10/h2-7,15,17,19-23,25-28,30-31H,8H2,1H3/t15-,17+,19+,20-,21+,22-,23+/m1/s1. The van der Waals surface area contributed by atoms with E-state index >= 15 is 0 Å². The summed E-state index contributed by atoms with van der Waals surface area (Å²) in [5.74, 6) is -2.56. The van der Waals surface area contributed by atoms with Crippen LogP contribution in [0.15, 0.2) is 36.4 Å². The molecular weight excluding hydrogens is 468 g/mol. The van der Waals surface area contributed by atoms with Crippen molar-refractivity contribution in [3.05, 3.63) is 47.5 Å². The molecule has 2 heterocycles. The summed E-state index contributed by atoms with van der Waals surface area (Å²) in [6.45, 7) is 0.677. The maximum atomic E-state index is 13.4. The van der Waals surface area contributed by atoms with Crippen molar-refractivity contribution >= 4 is 11.8 Å². The Morgan fingerprint density at radius 2 is 1.66 bits per heavy atom. The van der Waals surface area contributed by atoms with E-state index in [0.29, 0.717) is 5.56 Å². The number of fused-ring (bicyclic) bond motifs is 1. The largest absolute Gasteiger partial charge is 0.508 e. The molecule has 0 spiro atoms. The monoisotopic (exact) mass is 492 g/mol. The number of rotatable bonds is 5. The summed E-state index contributed by atoms with van der Waals surface area (Å²) in [5.41, 5.74) is 0.0714. The maximum Gasteiger partial charge on any atom is 0.302 e. The van der Waals surface area contributed by atoms with Crippen LogP contribution in [0.5, 0.6) is 23.0 Å². The number of aromatic hydroxyl groups is 3. The highest BCUT2D eigenvalue weighted by Gasteiger charge is 2.49. The number of ether oxygens (including phenoxy) is 4. The number of carbonyl (C=O) groups is 2. The van der Waals surface area contributed by atoms with Crippen LogP contribution in [0.4, 0.5) is 0 Å². The third kappa shape index (κ3) is 4.88. The van der Waals surface area contributed by atoms with Crippen LogP contribution in [-0.2, 0) is 19.0 Å². The van der Waals surface area contributed by atoms with Gasteiger partial charge in [0.15, 0.2) is 18.5 Å². The van der Waals surface area contributed by atoms with E-state index in [0.717, 1.165) is 19.1 Å². The highest BCUT2D eigenvalue weighted by molar-refractivity contribution is 6.05. The van der Waals surface area contributed by atoms with Crippen molar-refractivity contribution in [3.8, 4) is 23.0 Å². The number of hydrogen-bond acceptors (Lipinski definition) is 12. The van der Waals surface area contributed by atoms with Gasteiger partial charge in [-0.05, 0) is 17.7 Å². The number of phenolic OH excluding ortho intramolecular Hbond substituents is 3. The number of carbonyl (C=O) groups excluding carboxylic acids is 2. The number of benzene rings is 2. The van der Waals surface area contributed by atoms with Crippen molar-refractivity contribution in [2.24, 2.45) is 0 Å². The lowest BCUT2D eigenvalue weighted by Gasteiger charge is -2.42. The number of esters is 1. The second kappa shape index (κ2) is 9.68. The molecule has 0 bridgehead atoms. The third-order valence-corrected chi connectivity index (χ3v) is 5.72. The van der Waals surface area contributed by atoms with Crippen LogP contribution in [0.1, 0.15) is 28.9 Å². The van der Waals surface area contributed by atoms with Crippen molar-refractivity contribution in [3.63, 3.8) is 0 Å². The molecule has 0 aromatic heterocycles. The maximum absolute atomic E-state index is 13.4. The highest BCUT2D eigenvalue weighted by atomic mass is 16.7. The summed E-state index contributed by atoms with van der Waals surface area (Å²) in [6.07, 6.45) is -10.9. The lowest BCUT2D eigenvalue weighted by Crippen LogP contribution is -2.60. The average molecular weight is 492 g/mol. The minimum Gasteiger partial charge on any atom is -0.508 e. The first kappa shape index (κ1) is 24.7. The van der Waals surface area contributed by atoms with Gasteiger partial charge in [-0.3, -0.25) is 9.59 Å². The van der Waals surface area contributed by atoms with E-state index in [2.05, 4.69) is 0 Å². The van der Waals surface area contributed by atoms with Gasteiger partial charge in [-0.15, -0.1) is 0 Å². The van der Waals surface area contributed by atoms with Crippen molar-refractivity contribution in [2.45, 2.75) is 49.8 Å². The molecule has 2 aromatic rings. The Morgan fingerprint density at radius 3 is 2.31 bits per heavy atom. The minimum atomic E-state index is -1.80. The van der Waals surface area contributed by atoms with Crippen LogP contribution in [-0.4, -0.2) is 85.8 Å². The molecule has 7 atom stereocenters. The van der Waals surface area contributed by atoms with E-state index in [1.54, 1.807) is 0 Å². The molecule has 2 aliphatic rings. The minimum absolute atomic E-state index is 0.0551. The van der Waals surface area contributed by atoms with E-state index in [1.165, 1.54) is 24.3 Å². The average Bonchev–Trinajstić information content (AvgIpc) is 2.80. The van der Waals surface area contributed by atoms with Crippen molar-refractivity contribution < 1.29 is 59.2 Å². The molecule has 0 unspecified atom stereocenters. The predicted molar refractivity (Wildman–Crippen MR) is 114 cm³/mol. The van der Waals surface area contributed by atoms with Gasteiger partial charge in [0.1, 0.15) is 59.6 Å². The molecule has 12 nitrogen and oxygen atoms in total. The van der Waals surface area contributed by atoms with Crippen molar-refractivity contribution in [1.29, 1.82) is 0 Å². The summed E-state index contributed by atoms with van der Waals surface area (Å²) in [5, 5.41) is 60.7. The quantitative estimate of drug-likeness (QED) is 0.304. The number of Topliss-reactive ketones (excluding diaryl/α,β-unsaturated/α-hetero) is 1. The zero-order chi connectivity index (χ0) is 25.4. The van der Waals surface area contributed by atoms with Crippen molar-refractivity contribution in [1.82, 2.24) is 0 Å². The van der Waals surface area contributed by atoms with Crippen molar-refractivity contribution in [2.75, 3.05) is 6.61 Å². The number of aliphatic hydroxyl groups is 3. The molecular formula is C23H24O12. The van der Waals surface area contributed by atoms with E-state index in [1.807, 2.05) is 0 Å². The molecule has 2 aromatic carbocycles. The topological polar surface area (TPSA) is 192 Å². The number of hydrogen-bond donors (Lipinski definition) is 6. The second-order valence-electron chi connectivity index (χ2n) is 8.21. The molecule has 4 rings (SSSR count). The van der Waals surface area contributed by atoms with Crippen LogP contribution in [0, 0.1) is 0 Å². The summed E-state index contributed by atoms with van der Waals surface area (Å²) in [6, 6.07) is 7.68. The van der Waals surface area contributed by atoms with Crippen LogP contribution >= 0.6 is 0 Å². The summed E-state index contributed by atoms with van der Waals surface area (Å²) >= 11 is 0. The van der Waals surface area contributed by atoms with Gasteiger partial charge in [-0.2, -0.15) is 0 Å². The lowest BCUT2D eigenvalue weighted by molar-refractivity contribution is -0.312. The van der Waals surface area contributed by atoms with Crippen LogP contribution in [0.25, 0.3) is 0 Å². The molecule has 0 radical (unpaired) electrons. The van der Waals surface area contributed by atoms with E-state index in [4.69, 9.17) is 18.9 Å². The Hall–Kier alpha value is -3.42. The predicted octanol–water partition coefficient (Wildman–Crippen LogP) is -0.124. The normalized spacial score (nSPS) is 30.3. The molecule has 1 saturated heterocycles. The molecule has 6 N–H and O–H groups in total. The van der Waals surface area contributed by atoms with Gasteiger partial charge in [0.2, 0.25) is 5.78 Å². The van der Waals surface area contributed by atoms with Gasteiger partial charge in [0, 0.05) is 19.1 Å². The third-order valence-electron chi connectivity index (χ3n) is 5.72. The highest BCUT2D eigenvalue weighted by Crippen LogP contribution is 2.43. The molecule has 0 saturated carbocycles. The number of aliphatic hydroxyl groups excluding tert-OH is 3. The van der Waals surface area contributed by atoms with E-state index < -0.39 is 67.0 Å². The van der Waals surface area contributed by atoms with Gasteiger partial charge in [0.25, 0.3) is 0 Å². The fourth-order valence-electron chi connectivity index (χ4n) is 3.96. The van der Waals surface area contributed by atoms with Gasteiger partial charge in [-0.25, -0.2) is 0 Å². The summed E-state index contributed by atoms with van der Waals surface area (Å²) in [4.78, 5) is 24.6. The molecule has 0 aliphatic carbocycles. The van der Waals surface area contributed by atoms with Gasteiger partial charge >= 0.3 is 5.97 Å². The number of ketones is 1. The molecule has 188 valence electrons. The SMILES string of the molecule is CC(=O)OC[C@H]1O[C@@H](O[C@@H]2C(=O)c3c(O)cc(O)cc3O[C@H]2c2ccc(O)cc2)[C@H](O)[C@@H](O)[C@H]1O. The van der Waals surface area contributed by atoms with E-state index in [9.17, 15) is 40.2 Å². The second-order valence-corrected chi connectivity index (χ2v) is 8.21. The molecule has 0 amide bonds. The van der Waals surface area contributed by atoms with E-state index in [-0.39, 0.29) is 22.8 Å². The molecule has 12 heteroatoms. The molecule has 1 fully saturated rings. The number of phenols is 3. The first-order valence-electron chi connectivity index (χ1n) is 10.6. The van der Waals surface area contributed by atoms with Gasteiger partial charge in [0.05, 0.1) is 0 Å². The fraction of sp³-hybridized carbons (Fsp3) is 0.391. The Balaban J connectivity index is 1.68. The smallest absolute Gasteiger partial charge is 0.302 e. The Bertz CT molecular complexity index is 1100. The summed E-state index contributed by atoms with van der Waals surface area (Å²) < 4.78 is 22.0. The van der Waals surface area contributed by atoms with Crippen LogP contribution in [0.3, 0.4) is 0 Å². The Morgan fingerprint density at radius 1 is 0.971 bits per heavy atom. The van der Waals surface area contributed by atoms with Crippen LogP contribution in [0.2, 0.25) is 0 Å².